The number of thiophene rings is 1. The van der Waals surface area contributed by atoms with E-state index >= 15 is 0 Å². The molecule has 0 saturated carbocycles. The molecule has 0 saturated heterocycles. The van der Waals surface area contributed by atoms with Crippen LogP contribution in [0.15, 0.2) is 89.1 Å². The van der Waals surface area contributed by atoms with Crippen molar-refractivity contribution in [3.8, 4) is 16.9 Å². The number of aryl methyl sites for hydroxylation is 1. The van der Waals surface area contributed by atoms with Gasteiger partial charge in [-0.15, -0.1) is 23.1 Å². The van der Waals surface area contributed by atoms with Crippen LogP contribution in [0.3, 0.4) is 0 Å². The minimum atomic E-state index is -0.472. The molecule has 9 heteroatoms. The summed E-state index contributed by atoms with van der Waals surface area (Å²) in [6.45, 7) is 5.80. The minimum Gasteiger partial charge on any atom is -0.484 e. The van der Waals surface area contributed by atoms with Gasteiger partial charge in [0.05, 0.1) is 11.9 Å². The van der Waals surface area contributed by atoms with Crippen LogP contribution in [0, 0.1) is 6.92 Å². The first kappa shape index (κ1) is 29.9. The fraction of sp³-hybridized carbons (Fsp3) is 0.219. The molecular formula is C32H32N2O5S2. The average molecular weight is 589 g/mol. The lowest BCUT2D eigenvalue weighted by Crippen LogP contribution is -2.25. The fourth-order valence-electron chi connectivity index (χ4n) is 3.99. The molecule has 212 valence electrons. The predicted octanol–water partition coefficient (Wildman–Crippen LogP) is 7.43. The van der Waals surface area contributed by atoms with Crippen LogP contribution in [0.2, 0.25) is 0 Å². The Labute approximate surface area is 248 Å². The Hall–Kier alpha value is -4.08. The van der Waals surface area contributed by atoms with Crippen LogP contribution in [0.1, 0.15) is 36.2 Å². The zero-order valence-electron chi connectivity index (χ0n) is 23.1. The van der Waals surface area contributed by atoms with E-state index in [0.717, 1.165) is 21.6 Å². The third-order valence-corrected chi connectivity index (χ3v) is 8.30. The van der Waals surface area contributed by atoms with Crippen molar-refractivity contribution in [1.29, 1.82) is 0 Å². The lowest BCUT2D eigenvalue weighted by atomic mass is 10.0. The van der Waals surface area contributed by atoms with Gasteiger partial charge in [0, 0.05) is 21.5 Å². The van der Waals surface area contributed by atoms with E-state index in [0.29, 0.717) is 28.4 Å². The summed E-state index contributed by atoms with van der Waals surface area (Å²) in [5.41, 5.74) is 3.69. The molecule has 1 atom stereocenters. The first-order chi connectivity index (χ1) is 19.9. The van der Waals surface area contributed by atoms with Crippen molar-refractivity contribution in [2.75, 3.05) is 23.8 Å². The Morgan fingerprint density at radius 1 is 0.927 bits per heavy atom. The Kier molecular flexibility index (Phi) is 10.6. The number of carbonyl (C=O) groups excluding carboxylic acids is 3. The van der Waals surface area contributed by atoms with E-state index in [2.05, 4.69) is 10.6 Å². The Morgan fingerprint density at radius 3 is 2.39 bits per heavy atom. The molecule has 0 aliphatic heterocycles. The van der Waals surface area contributed by atoms with E-state index in [4.69, 9.17) is 9.47 Å². The Morgan fingerprint density at radius 2 is 1.68 bits per heavy atom. The number of esters is 1. The number of hydrogen-bond acceptors (Lipinski definition) is 7. The SMILES string of the molecule is CCOC(=O)c1c(-c2ccc(C)cc2)csc1NC(=O)C(CC)Sc1cccc(NC(=O)COc2ccccc2)c1. The van der Waals surface area contributed by atoms with Crippen LogP contribution >= 0.6 is 23.1 Å². The van der Waals surface area contributed by atoms with Gasteiger partial charge in [-0.2, -0.15) is 0 Å². The fourth-order valence-corrected chi connectivity index (χ4v) is 5.96. The smallest absolute Gasteiger partial charge is 0.341 e. The minimum absolute atomic E-state index is 0.116. The van der Waals surface area contributed by atoms with Gasteiger partial charge in [-0.25, -0.2) is 4.79 Å². The van der Waals surface area contributed by atoms with Crippen LogP contribution < -0.4 is 15.4 Å². The van der Waals surface area contributed by atoms with Gasteiger partial charge >= 0.3 is 5.97 Å². The Balaban J connectivity index is 1.44. The molecule has 1 aromatic heterocycles. The van der Waals surface area contributed by atoms with Crippen LogP contribution in [0.25, 0.3) is 11.1 Å². The molecule has 2 N–H and O–H groups in total. The quantitative estimate of drug-likeness (QED) is 0.132. The molecule has 4 aromatic rings. The van der Waals surface area contributed by atoms with Gasteiger partial charge in [-0.05, 0) is 56.2 Å². The third kappa shape index (κ3) is 8.22. The van der Waals surface area contributed by atoms with Gasteiger partial charge in [-0.3, -0.25) is 9.59 Å². The summed E-state index contributed by atoms with van der Waals surface area (Å²) in [6, 6.07) is 24.3. The highest BCUT2D eigenvalue weighted by molar-refractivity contribution is 8.00. The van der Waals surface area contributed by atoms with E-state index in [1.807, 2.05) is 79.9 Å². The maximum absolute atomic E-state index is 13.4. The van der Waals surface area contributed by atoms with Crippen LogP contribution in [-0.4, -0.2) is 36.2 Å². The zero-order valence-corrected chi connectivity index (χ0v) is 24.8. The number of benzene rings is 3. The van der Waals surface area contributed by atoms with Gasteiger partial charge in [0.2, 0.25) is 5.91 Å². The number of nitrogens with one attached hydrogen (secondary N) is 2. The zero-order chi connectivity index (χ0) is 29.2. The maximum atomic E-state index is 13.4. The second-order valence-electron chi connectivity index (χ2n) is 9.12. The van der Waals surface area contributed by atoms with E-state index in [1.54, 1.807) is 25.1 Å². The molecule has 4 rings (SSSR count). The number of anilines is 2. The monoisotopic (exact) mass is 588 g/mol. The van der Waals surface area contributed by atoms with Crippen LogP contribution in [-0.2, 0) is 14.3 Å². The summed E-state index contributed by atoms with van der Waals surface area (Å²) in [7, 11) is 0. The van der Waals surface area contributed by atoms with Crippen molar-refractivity contribution in [2.24, 2.45) is 0 Å². The van der Waals surface area contributed by atoms with Crippen LogP contribution in [0.4, 0.5) is 10.7 Å². The van der Waals surface area contributed by atoms with E-state index in [-0.39, 0.29) is 25.0 Å². The Bertz CT molecular complexity index is 1490. The number of para-hydroxylation sites is 1. The molecule has 1 unspecified atom stereocenters. The van der Waals surface area contributed by atoms with Gasteiger partial charge in [-0.1, -0.05) is 61.0 Å². The second kappa shape index (κ2) is 14.5. The van der Waals surface area contributed by atoms with E-state index in [9.17, 15) is 14.4 Å². The molecule has 0 spiro atoms. The van der Waals surface area contributed by atoms with Crippen molar-refractivity contribution >= 4 is 51.6 Å². The molecule has 3 aromatic carbocycles. The molecule has 7 nitrogen and oxygen atoms in total. The summed E-state index contributed by atoms with van der Waals surface area (Å²) in [4.78, 5) is 39.5. The molecular weight excluding hydrogens is 556 g/mol. The molecule has 0 bridgehead atoms. The maximum Gasteiger partial charge on any atom is 0.341 e. The van der Waals surface area contributed by atoms with Crippen molar-refractivity contribution in [1.82, 2.24) is 0 Å². The second-order valence-corrected chi connectivity index (χ2v) is 11.3. The summed E-state index contributed by atoms with van der Waals surface area (Å²) < 4.78 is 10.8. The third-order valence-electron chi connectivity index (χ3n) is 6.04. The van der Waals surface area contributed by atoms with Crippen LogP contribution in [0.5, 0.6) is 5.75 Å². The van der Waals surface area contributed by atoms with Gasteiger partial charge in [0.15, 0.2) is 6.61 Å². The van der Waals surface area contributed by atoms with Crippen molar-refractivity contribution in [3.05, 3.63) is 95.4 Å². The molecule has 2 amide bonds. The number of ether oxygens (including phenoxy) is 2. The highest BCUT2D eigenvalue weighted by atomic mass is 32.2. The topological polar surface area (TPSA) is 93.7 Å². The molecule has 41 heavy (non-hydrogen) atoms. The molecule has 0 fully saturated rings. The van der Waals surface area contributed by atoms with Crippen molar-refractivity contribution in [3.63, 3.8) is 0 Å². The van der Waals surface area contributed by atoms with Gasteiger partial charge in [0.1, 0.15) is 16.3 Å². The van der Waals surface area contributed by atoms with Gasteiger partial charge in [0.25, 0.3) is 5.91 Å². The average Bonchev–Trinajstić information content (AvgIpc) is 3.39. The summed E-state index contributed by atoms with van der Waals surface area (Å²) in [5, 5.41) is 7.71. The van der Waals surface area contributed by atoms with Gasteiger partial charge < -0.3 is 20.1 Å². The van der Waals surface area contributed by atoms with E-state index < -0.39 is 11.2 Å². The molecule has 0 radical (unpaired) electrons. The molecule has 0 aliphatic carbocycles. The lowest BCUT2D eigenvalue weighted by Gasteiger charge is -2.16. The number of rotatable bonds is 12. The van der Waals surface area contributed by atoms with Crippen molar-refractivity contribution in [2.45, 2.75) is 37.3 Å². The molecule has 0 aliphatic rings. The number of amides is 2. The van der Waals surface area contributed by atoms with E-state index in [1.165, 1.54) is 23.1 Å². The summed E-state index contributed by atoms with van der Waals surface area (Å²) >= 11 is 2.69. The first-order valence-electron chi connectivity index (χ1n) is 13.3. The first-order valence-corrected chi connectivity index (χ1v) is 15.0. The van der Waals surface area contributed by atoms with Crippen molar-refractivity contribution < 1.29 is 23.9 Å². The number of carbonyl (C=O) groups is 3. The standard InChI is InChI=1S/C32H32N2O5S2/c1-4-27(41-25-13-9-10-23(18-25)33-28(35)19-39-24-11-7-6-8-12-24)30(36)34-31-29(32(37)38-5-2)26(20-40-31)22-16-14-21(3)15-17-22/h6-18,20,27H,4-5,19H2,1-3H3,(H,33,35)(H,34,36). The lowest BCUT2D eigenvalue weighted by molar-refractivity contribution is -0.118. The summed E-state index contributed by atoms with van der Waals surface area (Å²) in [6.07, 6.45) is 0.558. The highest BCUT2D eigenvalue weighted by Gasteiger charge is 2.25. The summed E-state index contributed by atoms with van der Waals surface area (Å²) in [5.74, 6) is -0.355. The molecule has 1 heterocycles. The highest BCUT2D eigenvalue weighted by Crippen LogP contribution is 2.37. The predicted molar refractivity (Wildman–Crippen MR) is 166 cm³/mol. The number of thioether (sulfide) groups is 1. The normalized spacial score (nSPS) is 11.4. The largest absolute Gasteiger partial charge is 0.484 e. The number of hydrogen-bond donors (Lipinski definition) is 2.